The van der Waals surface area contributed by atoms with E-state index in [1.807, 2.05) is 19.3 Å². The van der Waals surface area contributed by atoms with E-state index in [2.05, 4.69) is 50.1 Å². The molecule has 25 heavy (non-hydrogen) atoms. The highest BCUT2D eigenvalue weighted by atomic mass is 16.3. The number of aliphatic hydroxyl groups excluding tert-OH is 1. The number of aliphatic hydroxyl groups is 1. The molecule has 1 atom stereocenters. The molecule has 2 N–H and O–H groups in total. The number of anilines is 2. The number of aromatic nitrogens is 3. The van der Waals surface area contributed by atoms with Crippen molar-refractivity contribution in [1.29, 1.82) is 0 Å². The molecule has 1 fully saturated rings. The van der Waals surface area contributed by atoms with Gasteiger partial charge in [0.2, 0.25) is 5.95 Å². The Morgan fingerprint density at radius 2 is 2.12 bits per heavy atom. The summed E-state index contributed by atoms with van der Waals surface area (Å²) in [5.41, 5.74) is 3.99. The van der Waals surface area contributed by atoms with E-state index in [0.717, 1.165) is 48.9 Å². The molecular weight excluding hydrogens is 314 g/mol. The number of rotatable bonds is 5. The fraction of sp³-hybridized carbons (Fsp3) is 0.368. The van der Waals surface area contributed by atoms with Gasteiger partial charge in [-0.2, -0.15) is 4.98 Å². The summed E-state index contributed by atoms with van der Waals surface area (Å²) in [5, 5.41) is 12.6. The van der Waals surface area contributed by atoms with E-state index in [-0.39, 0.29) is 6.61 Å². The van der Waals surface area contributed by atoms with Gasteiger partial charge in [-0.25, -0.2) is 4.98 Å². The summed E-state index contributed by atoms with van der Waals surface area (Å²) in [6.07, 6.45) is 2.81. The topological polar surface area (TPSA) is 66.2 Å². The molecule has 2 aromatic heterocycles. The quantitative estimate of drug-likeness (QED) is 0.748. The Labute approximate surface area is 147 Å². The lowest BCUT2D eigenvalue weighted by molar-refractivity contribution is 0.238. The summed E-state index contributed by atoms with van der Waals surface area (Å²) in [5.74, 6) is 1.27. The van der Waals surface area contributed by atoms with Gasteiger partial charge in [-0.3, -0.25) is 0 Å². The number of imidazole rings is 1. The Balaban J connectivity index is 1.79. The summed E-state index contributed by atoms with van der Waals surface area (Å²) in [4.78, 5) is 11.6. The fourth-order valence-corrected chi connectivity index (χ4v) is 3.46. The van der Waals surface area contributed by atoms with Crippen LogP contribution in [0.4, 0.5) is 11.6 Å². The van der Waals surface area contributed by atoms with E-state index in [4.69, 9.17) is 4.98 Å². The highest BCUT2D eigenvalue weighted by Crippen LogP contribution is 2.28. The van der Waals surface area contributed by atoms with E-state index < -0.39 is 0 Å². The molecule has 1 aliphatic heterocycles. The fourth-order valence-electron chi connectivity index (χ4n) is 3.46. The molecule has 3 aromatic rings. The van der Waals surface area contributed by atoms with E-state index in [9.17, 15) is 5.11 Å². The summed E-state index contributed by atoms with van der Waals surface area (Å²) < 4.78 is 2.23. The van der Waals surface area contributed by atoms with E-state index in [1.165, 1.54) is 5.56 Å². The molecule has 0 amide bonds. The van der Waals surface area contributed by atoms with Gasteiger partial charge in [-0.05, 0) is 18.1 Å². The third-order valence-electron chi connectivity index (χ3n) is 4.88. The van der Waals surface area contributed by atoms with Crippen LogP contribution in [0.1, 0.15) is 12.0 Å². The number of hydrogen-bond donors (Lipinski definition) is 2. The van der Waals surface area contributed by atoms with Gasteiger partial charge in [0.25, 0.3) is 0 Å². The second-order valence-corrected chi connectivity index (χ2v) is 6.58. The van der Waals surface area contributed by atoms with Gasteiger partial charge in [0.15, 0.2) is 5.65 Å². The van der Waals surface area contributed by atoms with Gasteiger partial charge in [-0.1, -0.05) is 30.3 Å². The van der Waals surface area contributed by atoms with Gasteiger partial charge in [0.05, 0.1) is 23.9 Å². The van der Waals surface area contributed by atoms with Crippen LogP contribution in [-0.4, -0.2) is 46.4 Å². The van der Waals surface area contributed by atoms with Crippen LogP contribution < -0.4 is 10.2 Å². The molecule has 1 aliphatic rings. The monoisotopic (exact) mass is 337 g/mol. The molecule has 0 saturated carbocycles. The molecule has 1 aromatic carbocycles. The average Bonchev–Trinajstić information content (AvgIpc) is 3.27. The van der Waals surface area contributed by atoms with Crippen LogP contribution in [0.5, 0.6) is 0 Å². The summed E-state index contributed by atoms with van der Waals surface area (Å²) >= 11 is 0. The van der Waals surface area contributed by atoms with Crippen molar-refractivity contribution in [3.63, 3.8) is 0 Å². The smallest absolute Gasteiger partial charge is 0.208 e. The highest BCUT2D eigenvalue weighted by Gasteiger charge is 2.26. The summed E-state index contributed by atoms with van der Waals surface area (Å²) in [6, 6.07) is 12.5. The Morgan fingerprint density at radius 3 is 2.84 bits per heavy atom. The van der Waals surface area contributed by atoms with Gasteiger partial charge < -0.3 is 19.9 Å². The van der Waals surface area contributed by atoms with Gasteiger partial charge >= 0.3 is 0 Å². The minimum absolute atomic E-state index is 0.234. The maximum absolute atomic E-state index is 9.47. The van der Waals surface area contributed by atoms with Crippen LogP contribution in [0.25, 0.3) is 11.2 Å². The highest BCUT2D eigenvalue weighted by molar-refractivity contribution is 5.78. The minimum Gasteiger partial charge on any atom is -0.396 e. The van der Waals surface area contributed by atoms with Crippen molar-refractivity contribution < 1.29 is 5.11 Å². The molecule has 3 heterocycles. The van der Waals surface area contributed by atoms with Crippen LogP contribution in [0.2, 0.25) is 0 Å². The van der Waals surface area contributed by atoms with Crippen molar-refractivity contribution in [2.75, 3.05) is 37.0 Å². The maximum Gasteiger partial charge on any atom is 0.208 e. The standard InChI is InChI=1S/C19H23N5O/c1-20-16-9-17-18(21-10-16)22-19(23-8-7-15(11-23)13-25)24(17)12-14-5-3-2-4-6-14/h2-6,9-10,15,20,25H,7-8,11-13H2,1H3/t15-/m1/s1. The lowest BCUT2D eigenvalue weighted by Crippen LogP contribution is -2.24. The van der Waals surface area contributed by atoms with Crippen molar-refractivity contribution in [3.8, 4) is 0 Å². The zero-order valence-electron chi connectivity index (χ0n) is 14.4. The molecular formula is C19H23N5O. The van der Waals surface area contributed by atoms with E-state index in [0.29, 0.717) is 5.92 Å². The largest absolute Gasteiger partial charge is 0.396 e. The Kier molecular flexibility index (Phi) is 4.28. The van der Waals surface area contributed by atoms with Gasteiger partial charge in [0.1, 0.15) is 0 Å². The van der Waals surface area contributed by atoms with Crippen LogP contribution >= 0.6 is 0 Å². The van der Waals surface area contributed by atoms with Crippen LogP contribution in [0.3, 0.4) is 0 Å². The number of hydrogen-bond acceptors (Lipinski definition) is 5. The molecule has 0 bridgehead atoms. The second-order valence-electron chi connectivity index (χ2n) is 6.58. The second kappa shape index (κ2) is 6.72. The molecule has 6 heteroatoms. The van der Waals surface area contributed by atoms with Gasteiger partial charge in [0, 0.05) is 32.7 Å². The first-order valence-corrected chi connectivity index (χ1v) is 8.72. The number of benzene rings is 1. The molecule has 0 aliphatic carbocycles. The normalized spacial score (nSPS) is 17.4. The third kappa shape index (κ3) is 3.05. The Morgan fingerprint density at radius 1 is 1.28 bits per heavy atom. The first-order chi connectivity index (χ1) is 12.3. The molecule has 1 saturated heterocycles. The number of nitrogens with one attached hydrogen (secondary N) is 1. The zero-order chi connectivity index (χ0) is 17.2. The molecule has 4 rings (SSSR count). The third-order valence-corrected chi connectivity index (χ3v) is 4.88. The number of fused-ring (bicyclic) bond motifs is 1. The van der Waals surface area contributed by atoms with E-state index in [1.54, 1.807) is 0 Å². The van der Waals surface area contributed by atoms with Crippen LogP contribution in [0, 0.1) is 5.92 Å². The average molecular weight is 337 g/mol. The molecule has 0 unspecified atom stereocenters. The van der Waals surface area contributed by atoms with Crippen molar-refractivity contribution in [1.82, 2.24) is 14.5 Å². The van der Waals surface area contributed by atoms with Crippen LogP contribution in [-0.2, 0) is 6.54 Å². The predicted molar refractivity (Wildman–Crippen MR) is 100 cm³/mol. The first kappa shape index (κ1) is 15.9. The van der Waals surface area contributed by atoms with Crippen molar-refractivity contribution in [2.45, 2.75) is 13.0 Å². The lowest BCUT2D eigenvalue weighted by Gasteiger charge is -2.19. The first-order valence-electron chi connectivity index (χ1n) is 8.72. The Bertz CT molecular complexity index is 861. The lowest BCUT2D eigenvalue weighted by atomic mass is 10.1. The van der Waals surface area contributed by atoms with Gasteiger partial charge in [-0.15, -0.1) is 0 Å². The van der Waals surface area contributed by atoms with Crippen molar-refractivity contribution in [2.24, 2.45) is 5.92 Å². The summed E-state index contributed by atoms with van der Waals surface area (Å²) in [7, 11) is 1.90. The van der Waals surface area contributed by atoms with E-state index >= 15 is 0 Å². The Hall–Kier alpha value is -2.60. The SMILES string of the molecule is CNc1cnc2nc(N3CC[C@@H](CO)C3)n(Cc3ccccc3)c2c1. The number of pyridine rings is 1. The summed E-state index contributed by atoms with van der Waals surface area (Å²) in [6.45, 7) is 2.75. The maximum atomic E-state index is 9.47. The van der Waals surface area contributed by atoms with Crippen molar-refractivity contribution >= 4 is 22.8 Å². The zero-order valence-corrected chi connectivity index (χ0v) is 14.4. The van der Waals surface area contributed by atoms with Crippen molar-refractivity contribution in [3.05, 3.63) is 48.2 Å². The number of nitrogens with zero attached hydrogens (tertiary/aromatic N) is 4. The minimum atomic E-state index is 0.234. The molecule has 0 radical (unpaired) electrons. The molecule has 130 valence electrons. The molecule has 0 spiro atoms. The predicted octanol–water partition coefficient (Wildman–Crippen LogP) is 2.34. The molecule has 6 nitrogen and oxygen atoms in total. The van der Waals surface area contributed by atoms with Crippen LogP contribution in [0.15, 0.2) is 42.6 Å².